The molecule has 0 spiro atoms. The molecule has 17 heavy (non-hydrogen) atoms. The van der Waals surface area contributed by atoms with Crippen LogP contribution in [0.3, 0.4) is 0 Å². The summed E-state index contributed by atoms with van der Waals surface area (Å²) < 4.78 is 5.61. The lowest BCUT2D eigenvalue weighted by molar-refractivity contribution is 0.0703. The maximum absolute atomic E-state index is 11.0. The van der Waals surface area contributed by atoms with E-state index in [2.05, 4.69) is 0 Å². The van der Waals surface area contributed by atoms with Gasteiger partial charge in [-0.05, 0) is 24.6 Å². The van der Waals surface area contributed by atoms with Gasteiger partial charge in [0.2, 0.25) is 0 Å². The van der Waals surface area contributed by atoms with Crippen molar-refractivity contribution in [2.75, 3.05) is 5.73 Å². The molecule has 0 atom stereocenters. The second kappa shape index (κ2) is 4.25. The molecule has 0 radical (unpaired) electrons. The van der Waals surface area contributed by atoms with E-state index in [9.17, 15) is 4.79 Å². The molecule has 0 aliphatic carbocycles. The molecule has 2 aromatic rings. The molecule has 4 nitrogen and oxygen atoms in total. The molecule has 0 aliphatic rings. The van der Waals surface area contributed by atoms with Crippen LogP contribution in [0, 0.1) is 6.92 Å². The molecular formula is C12H13NO3S. The lowest BCUT2D eigenvalue weighted by Gasteiger charge is -1.95. The molecule has 0 saturated carbocycles. The minimum absolute atomic E-state index is 0.173. The van der Waals surface area contributed by atoms with Gasteiger partial charge in [-0.25, -0.2) is 4.79 Å². The van der Waals surface area contributed by atoms with Gasteiger partial charge in [0, 0.05) is 6.42 Å². The third-order valence-corrected chi connectivity index (χ3v) is 3.93. The molecule has 90 valence electrons. The van der Waals surface area contributed by atoms with Crippen LogP contribution in [-0.2, 0) is 6.42 Å². The Balaban J connectivity index is 2.52. The summed E-state index contributed by atoms with van der Waals surface area (Å²) in [6.45, 7) is 3.81. The number of carboxylic acids is 1. The van der Waals surface area contributed by atoms with Gasteiger partial charge in [0.25, 0.3) is 0 Å². The molecule has 0 aromatic carbocycles. The Kier molecular flexibility index (Phi) is 2.93. The van der Waals surface area contributed by atoms with E-state index in [1.54, 1.807) is 0 Å². The first-order chi connectivity index (χ1) is 8.04. The molecule has 3 N–H and O–H groups in total. The van der Waals surface area contributed by atoms with E-state index in [1.165, 1.54) is 0 Å². The highest BCUT2D eigenvalue weighted by molar-refractivity contribution is 7.18. The number of anilines is 1. The first-order valence-corrected chi connectivity index (χ1v) is 6.07. The molecule has 2 heterocycles. The smallest absolute Gasteiger partial charge is 0.348 e. The number of aromatic carboxylic acids is 1. The molecule has 0 bridgehead atoms. The number of hydrogen-bond donors (Lipinski definition) is 2. The molecular weight excluding hydrogens is 238 g/mol. The SMILES string of the molecule is CCc1ccc(-c2sc(C(=O)O)c(N)c2C)o1. The minimum Gasteiger partial charge on any atom is -0.477 e. The van der Waals surface area contributed by atoms with Gasteiger partial charge in [-0.2, -0.15) is 0 Å². The van der Waals surface area contributed by atoms with E-state index in [-0.39, 0.29) is 4.88 Å². The fourth-order valence-corrected chi connectivity index (χ4v) is 2.64. The number of nitrogen functional groups attached to an aromatic ring is 1. The fraction of sp³-hybridized carbons (Fsp3) is 0.250. The Morgan fingerprint density at radius 1 is 1.53 bits per heavy atom. The summed E-state index contributed by atoms with van der Waals surface area (Å²) in [5.74, 6) is 0.566. The van der Waals surface area contributed by atoms with Crippen molar-refractivity contribution in [2.24, 2.45) is 0 Å². The fourth-order valence-electron chi connectivity index (χ4n) is 1.61. The molecule has 2 aromatic heterocycles. The van der Waals surface area contributed by atoms with Gasteiger partial charge >= 0.3 is 5.97 Å². The number of rotatable bonds is 3. The summed E-state index contributed by atoms with van der Waals surface area (Å²) in [5, 5.41) is 9.00. The Bertz CT molecular complexity index is 568. The van der Waals surface area contributed by atoms with Crippen LogP contribution >= 0.6 is 11.3 Å². The van der Waals surface area contributed by atoms with E-state index in [0.717, 1.165) is 34.0 Å². The number of aryl methyl sites for hydroxylation is 1. The molecule has 0 amide bonds. The Labute approximate surface area is 103 Å². The average Bonchev–Trinajstić information content (AvgIpc) is 2.86. The standard InChI is InChI=1S/C12H13NO3S/c1-3-7-4-5-8(16-7)10-6(2)9(13)11(17-10)12(14)15/h4-5H,3,13H2,1-2H3,(H,14,15). The summed E-state index contributed by atoms with van der Waals surface area (Å²) in [5.41, 5.74) is 6.86. The second-order valence-electron chi connectivity index (χ2n) is 3.72. The third-order valence-electron chi connectivity index (χ3n) is 2.62. The van der Waals surface area contributed by atoms with Crippen LogP contribution in [0.5, 0.6) is 0 Å². The monoisotopic (exact) mass is 251 g/mol. The summed E-state index contributed by atoms with van der Waals surface area (Å²) in [4.78, 5) is 11.9. The van der Waals surface area contributed by atoms with Gasteiger partial charge in [-0.3, -0.25) is 0 Å². The van der Waals surface area contributed by atoms with Gasteiger partial charge in [-0.1, -0.05) is 6.92 Å². The quantitative estimate of drug-likeness (QED) is 0.878. The van der Waals surface area contributed by atoms with E-state index >= 15 is 0 Å². The Hall–Kier alpha value is -1.75. The number of carboxylic acid groups (broad SMARTS) is 1. The van der Waals surface area contributed by atoms with E-state index < -0.39 is 5.97 Å². The van der Waals surface area contributed by atoms with E-state index in [1.807, 2.05) is 26.0 Å². The highest BCUT2D eigenvalue weighted by atomic mass is 32.1. The predicted octanol–water partition coefficient (Wildman–Crippen LogP) is 3.16. The van der Waals surface area contributed by atoms with Crippen molar-refractivity contribution in [1.29, 1.82) is 0 Å². The largest absolute Gasteiger partial charge is 0.477 e. The van der Waals surface area contributed by atoms with Crippen molar-refractivity contribution in [3.8, 4) is 10.6 Å². The molecule has 0 aliphatic heterocycles. The van der Waals surface area contributed by atoms with Crippen LogP contribution in [-0.4, -0.2) is 11.1 Å². The predicted molar refractivity (Wildman–Crippen MR) is 67.5 cm³/mol. The minimum atomic E-state index is -0.996. The van der Waals surface area contributed by atoms with E-state index in [4.69, 9.17) is 15.3 Å². The number of thiophene rings is 1. The first-order valence-electron chi connectivity index (χ1n) is 5.25. The zero-order chi connectivity index (χ0) is 12.6. The van der Waals surface area contributed by atoms with Crippen LogP contribution < -0.4 is 5.73 Å². The average molecular weight is 251 g/mol. The molecule has 2 rings (SSSR count). The van der Waals surface area contributed by atoms with Gasteiger partial charge in [-0.15, -0.1) is 11.3 Å². The summed E-state index contributed by atoms with van der Waals surface area (Å²) in [6.07, 6.45) is 0.811. The molecule has 5 heteroatoms. The van der Waals surface area contributed by atoms with Crippen molar-refractivity contribution in [3.05, 3.63) is 28.3 Å². The summed E-state index contributed by atoms with van der Waals surface area (Å²) >= 11 is 1.15. The Morgan fingerprint density at radius 3 is 2.71 bits per heavy atom. The van der Waals surface area contributed by atoms with Gasteiger partial charge in [0.1, 0.15) is 16.4 Å². The van der Waals surface area contributed by atoms with Crippen LogP contribution in [0.1, 0.15) is 27.9 Å². The molecule has 0 saturated heterocycles. The topological polar surface area (TPSA) is 76.5 Å². The van der Waals surface area contributed by atoms with Crippen molar-refractivity contribution < 1.29 is 14.3 Å². The van der Waals surface area contributed by atoms with Gasteiger partial charge in [0.05, 0.1) is 10.6 Å². The number of nitrogens with two attached hydrogens (primary N) is 1. The zero-order valence-corrected chi connectivity index (χ0v) is 10.4. The van der Waals surface area contributed by atoms with Crippen LogP contribution in [0.25, 0.3) is 10.6 Å². The Morgan fingerprint density at radius 2 is 2.24 bits per heavy atom. The lowest BCUT2D eigenvalue weighted by Crippen LogP contribution is -1.97. The van der Waals surface area contributed by atoms with Crippen molar-refractivity contribution in [3.63, 3.8) is 0 Å². The molecule has 0 fully saturated rings. The van der Waals surface area contributed by atoms with Crippen LogP contribution in [0.15, 0.2) is 16.5 Å². The highest BCUT2D eigenvalue weighted by Crippen LogP contribution is 2.38. The maximum atomic E-state index is 11.0. The van der Waals surface area contributed by atoms with Crippen molar-refractivity contribution in [1.82, 2.24) is 0 Å². The zero-order valence-electron chi connectivity index (χ0n) is 9.61. The number of furan rings is 1. The van der Waals surface area contributed by atoms with Crippen LogP contribution in [0.4, 0.5) is 5.69 Å². The lowest BCUT2D eigenvalue weighted by atomic mass is 10.2. The van der Waals surface area contributed by atoms with Crippen molar-refractivity contribution in [2.45, 2.75) is 20.3 Å². The van der Waals surface area contributed by atoms with Gasteiger partial charge < -0.3 is 15.3 Å². The third kappa shape index (κ3) is 1.93. The van der Waals surface area contributed by atoms with Gasteiger partial charge in [0.15, 0.2) is 0 Å². The first kappa shape index (κ1) is 11.7. The maximum Gasteiger partial charge on any atom is 0.348 e. The summed E-state index contributed by atoms with van der Waals surface area (Å²) in [7, 11) is 0. The second-order valence-corrected chi connectivity index (χ2v) is 4.74. The summed E-state index contributed by atoms with van der Waals surface area (Å²) in [6, 6.07) is 3.74. The highest BCUT2D eigenvalue weighted by Gasteiger charge is 2.20. The van der Waals surface area contributed by atoms with E-state index in [0.29, 0.717) is 11.4 Å². The van der Waals surface area contributed by atoms with Crippen LogP contribution in [0.2, 0.25) is 0 Å². The number of carbonyl (C=O) groups is 1. The molecule has 0 unspecified atom stereocenters. The number of hydrogen-bond acceptors (Lipinski definition) is 4. The normalized spacial score (nSPS) is 10.7. The van der Waals surface area contributed by atoms with Crippen molar-refractivity contribution >= 4 is 23.0 Å².